The monoisotopic (exact) mass is 1500 g/mol. The van der Waals surface area contributed by atoms with E-state index in [0.29, 0.717) is 0 Å². The topological polar surface area (TPSA) is 219 Å². The Balaban J connectivity index is 0.000000305. The maximum Gasteiger partial charge on any atom is 0.422 e. The van der Waals surface area contributed by atoms with Crippen molar-refractivity contribution < 1.29 is 160 Å². The van der Waals surface area contributed by atoms with Gasteiger partial charge in [0.05, 0.1) is 58.7 Å². The van der Waals surface area contributed by atoms with Crippen molar-refractivity contribution in [2.45, 2.75) is 36.5 Å². The summed E-state index contributed by atoms with van der Waals surface area (Å²) in [6.45, 7) is 14.6. The van der Waals surface area contributed by atoms with E-state index in [-0.39, 0.29) is 0 Å². The molecule has 2 heterocycles. The fraction of sp³-hybridized carbons (Fsp3) is 0.111. The van der Waals surface area contributed by atoms with Crippen molar-refractivity contribution in [3.05, 3.63) is 251 Å². The van der Waals surface area contributed by atoms with Crippen LogP contribution in [0.3, 0.4) is 0 Å². The second kappa shape index (κ2) is 27.7. The van der Waals surface area contributed by atoms with E-state index in [2.05, 4.69) is 29.6 Å². The van der Waals surface area contributed by atoms with Crippen LogP contribution in [0.2, 0.25) is 0 Å². The smallest absolute Gasteiger partial charge is 0.328 e. The fourth-order valence-electron chi connectivity index (χ4n) is 9.06. The number of rotatable bonds is 8. The first kappa shape index (κ1) is 78.5. The molecule has 0 spiro atoms. The van der Waals surface area contributed by atoms with Gasteiger partial charge in [0.2, 0.25) is 23.0 Å². The van der Waals surface area contributed by atoms with E-state index in [1.54, 1.807) is 0 Å². The number of hydrogen-bond acceptors (Lipinski definition) is 10. The van der Waals surface area contributed by atoms with Gasteiger partial charge in [-0.3, -0.25) is 0 Å². The summed E-state index contributed by atoms with van der Waals surface area (Å²) >= 11 is 0. The van der Waals surface area contributed by atoms with Crippen molar-refractivity contribution in [2.24, 2.45) is 0 Å². The molecular weight excluding hydrogens is 1500 g/mol. The number of benzene rings is 4. The predicted octanol–water partition coefficient (Wildman–Crippen LogP) is 16.9. The van der Waals surface area contributed by atoms with E-state index >= 15 is 0 Å². The Morgan fingerprint density at radius 3 is 0.990 bits per heavy atom. The number of allylic oxidation sites excluding steroid dienone is 8. The van der Waals surface area contributed by atoms with Crippen LogP contribution >= 0.6 is 0 Å². The van der Waals surface area contributed by atoms with E-state index in [9.17, 15) is 170 Å². The predicted molar refractivity (Wildman–Crippen MR) is 254 cm³/mol. The highest BCUT2D eigenvalue weighted by Gasteiger charge is 2.53. The molecule has 6 aromatic rings. The first-order valence-electron chi connectivity index (χ1n) is 24.3. The molecule has 0 saturated heterocycles. The Morgan fingerprint density at radius 1 is 0.392 bits per heavy atom. The average molecular weight is 1500 g/mol. The summed E-state index contributed by atoms with van der Waals surface area (Å²) in [6, 6.07) is 3.56. The standard InChI is InChI=1S/C27H2F17N5.C27F17N5.HNO3/c2*1-47-23(10-15(30)19(34)12(27(42,43)44)20(35)16(10)31)9-6(7(9)5(3-46)22-21(36)24(37)49-25(38)48-22)4(2-45)8-13(28)17(32)11(26(39,40)41)18(33)14(8)29;2-1(3)4/h4-5H;;(H,2,3,4)/b23-9-;;. The largest absolute Gasteiger partial charge is 0.422 e. The van der Waals surface area contributed by atoms with E-state index in [1.165, 1.54) is 0 Å². The van der Waals surface area contributed by atoms with Gasteiger partial charge < -0.3 is 5.21 Å². The van der Waals surface area contributed by atoms with Crippen molar-refractivity contribution in [1.82, 2.24) is 19.9 Å². The lowest BCUT2D eigenvalue weighted by molar-refractivity contribution is -0.742. The summed E-state index contributed by atoms with van der Waals surface area (Å²) < 4.78 is 477. The molecule has 1 N–H and O–H groups in total. The first-order valence-corrected chi connectivity index (χ1v) is 24.3. The molecule has 2 aliphatic rings. The van der Waals surface area contributed by atoms with E-state index in [1.807, 2.05) is 0 Å². The molecule has 2 atom stereocenters. The molecule has 0 amide bonds. The zero-order valence-corrected chi connectivity index (χ0v) is 46.2. The normalized spacial score (nSPS) is 15.4. The zero-order valence-electron chi connectivity index (χ0n) is 46.2. The second-order valence-electron chi connectivity index (χ2n) is 18.6. The van der Waals surface area contributed by atoms with Crippen LogP contribution in [-0.2, 0) is 24.7 Å². The molecule has 2 aromatic heterocycles. The third-order valence-electron chi connectivity index (χ3n) is 13.0. The van der Waals surface area contributed by atoms with Crippen LogP contribution in [0.1, 0.15) is 67.7 Å². The molecule has 14 nitrogen and oxygen atoms in total. The summed E-state index contributed by atoms with van der Waals surface area (Å²) in [6.07, 6.45) is -29.0. The zero-order chi connectivity index (χ0) is 78.1. The highest BCUT2D eigenvalue weighted by Crippen LogP contribution is 2.60. The molecule has 1 saturated carbocycles. The molecule has 48 heteroatoms. The minimum atomic E-state index is -6.15. The van der Waals surface area contributed by atoms with Gasteiger partial charge in [-0.05, 0) is 33.4 Å². The Bertz CT molecular complexity index is 4920. The molecule has 0 aliphatic heterocycles. The molecule has 0 radical (unpaired) electrons. The third-order valence-corrected chi connectivity index (χ3v) is 13.0. The van der Waals surface area contributed by atoms with Crippen LogP contribution in [-0.4, -0.2) is 30.2 Å². The molecule has 8 rings (SSSR count). The van der Waals surface area contributed by atoms with Gasteiger partial charge in [-0.25, -0.2) is 84.9 Å². The minimum absolute atomic E-state index is 0.759. The minimum Gasteiger partial charge on any atom is -0.328 e. The average Bonchev–Trinajstić information content (AvgIpc) is 1.54. The maximum atomic E-state index is 15.0. The van der Waals surface area contributed by atoms with Crippen LogP contribution in [0.25, 0.3) is 32.2 Å². The lowest BCUT2D eigenvalue weighted by Crippen LogP contribution is -2.18. The van der Waals surface area contributed by atoms with E-state index in [4.69, 9.17) is 28.5 Å². The van der Waals surface area contributed by atoms with E-state index < -0.39 is 282 Å². The number of aromatic nitrogens is 4. The summed E-state index contributed by atoms with van der Waals surface area (Å²) in [4.78, 5) is 23.2. The molecule has 0 bridgehead atoms. The molecule has 530 valence electrons. The Labute approximate surface area is 534 Å². The van der Waals surface area contributed by atoms with Crippen molar-refractivity contribution in [3.8, 4) is 24.3 Å². The molecule has 2 aliphatic carbocycles. The maximum absolute atomic E-state index is 15.0. The summed E-state index contributed by atoms with van der Waals surface area (Å²) in [5, 5.41) is 52.4. The van der Waals surface area contributed by atoms with Crippen LogP contribution in [0.5, 0.6) is 0 Å². The number of nitrogens with zero attached hydrogens (tertiary/aromatic N) is 11. The lowest BCUT2D eigenvalue weighted by atomic mass is 9.92. The summed E-state index contributed by atoms with van der Waals surface area (Å²) in [7, 11) is 0. The van der Waals surface area contributed by atoms with E-state index in [0.717, 1.165) is 24.3 Å². The highest BCUT2D eigenvalue weighted by molar-refractivity contribution is 6.11. The van der Waals surface area contributed by atoms with Gasteiger partial charge in [0, 0.05) is 0 Å². The lowest BCUT2D eigenvalue weighted by Gasteiger charge is -2.16. The van der Waals surface area contributed by atoms with Crippen molar-refractivity contribution >= 4 is 22.5 Å². The van der Waals surface area contributed by atoms with Crippen LogP contribution < -0.4 is 0 Å². The van der Waals surface area contributed by atoms with Crippen LogP contribution in [0.4, 0.5) is 149 Å². The van der Waals surface area contributed by atoms with Gasteiger partial charge in [-0.2, -0.15) is 115 Å². The molecular formula is C54H3F34N11O3. The van der Waals surface area contributed by atoms with Crippen LogP contribution in [0.15, 0.2) is 33.4 Å². The number of hydrogen-bond donors (Lipinski definition) is 1. The van der Waals surface area contributed by atoms with Gasteiger partial charge in [-0.15, -0.1) is 10.1 Å². The number of halogens is 34. The summed E-state index contributed by atoms with van der Waals surface area (Å²) in [5.41, 5.74) is -43.1. The Kier molecular flexibility index (Phi) is 21.3. The van der Waals surface area contributed by atoms with Crippen LogP contribution in [0, 0.1) is 197 Å². The molecule has 1 fully saturated rings. The third kappa shape index (κ3) is 13.6. The summed E-state index contributed by atoms with van der Waals surface area (Å²) in [5.74, 6) is -65.4. The quantitative estimate of drug-likeness (QED) is 0.0221. The molecule has 102 heavy (non-hydrogen) atoms. The second-order valence-corrected chi connectivity index (χ2v) is 18.6. The highest BCUT2D eigenvalue weighted by atomic mass is 19.4. The van der Waals surface area contributed by atoms with Crippen molar-refractivity contribution in [3.63, 3.8) is 0 Å². The van der Waals surface area contributed by atoms with Crippen molar-refractivity contribution in [2.75, 3.05) is 0 Å². The van der Waals surface area contributed by atoms with Gasteiger partial charge >= 0.3 is 36.9 Å². The number of alkyl halides is 12. The van der Waals surface area contributed by atoms with Crippen molar-refractivity contribution in [1.29, 1.82) is 21.0 Å². The SMILES string of the molecule is O=[N+]([O-])O.[C-]#[N+]/C(=C1C(C(C#N)c2nc(F)nc(F)c2F)=C\1C(C#N)c1c(F)c(F)c(C(F)(F)F)c(F)c1F)c1c(F)c(F)c(C(F)(F)F)c(F)c1F.[C-]#[N+]C(=C1C(=C(C#N)c2nc(F)nc(F)c2F)C1=C(C#N)c1c(F)c(F)c(C(F)(F)F)c(F)c1F)c1c(F)c(F)c(C(F)(F)F)c(F)c1F. The number of nitriles is 4. The Morgan fingerprint density at radius 2 is 0.676 bits per heavy atom. The van der Waals surface area contributed by atoms with Gasteiger partial charge in [-0.1, -0.05) is 0 Å². The molecule has 2 unspecified atom stereocenters. The Hall–Kier alpha value is -12.5. The first-order chi connectivity index (χ1) is 46.9. The van der Waals surface area contributed by atoms with Gasteiger partial charge in [0.1, 0.15) is 57.6 Å². The molecule has 4 aromatic carbocycles. The van der Waals surface area contributed by atoms with Gasteiger partial charge in [0.15, 0.2) is 93.1 Å². The van der Waals surface area contributed by atoms with Gasteiger partial charge in [0.25, 0.3) is 17.0 Å². The fourth-order valence-corrected chi connectivity index (χ4v) is 9.06.